The van der Waals surface area contributed by atoms with E-state index in [-0.39, 0.29) is 25.7 Å². The van der Waals surface area contributed by atoms with Gasteiger partial charge >= 0.3 is 39.5 Å². The first-order valence-electron chi connectivity index (χ1n) is 39.1. The Balaban J connectivity index is 5.36. The number of unbranched alkanes of at least 4 members (excludes halogenated alkanes) is 29. The van der Waals surface area contributed by atoms with Crippen molar-refractivity contribution in [1.82, 2.24) is 0 Å². The highest BCUT2D eigenvalue weighted by Crippen LogP contribution is 2.45. The summed E-state index contributed by atoms with van der Waals surface area (Å²) in [5, 5.41) is 10.6. The predicted molar refractivity (Wildman–Crippen MR) is 408 cm³/mol. The van der Waals surface area contributed by atoms with E-state index in [0.717, 1.165) is 186 Å². The molecule has 0 aliphatic rings. The van der Waals surface area contributed by atoms with Crippen LogP contribution in [0.3, 0.4) is 0 Å². The first kappa shape index (κ1) is 95.7. The van der Waals surface area contributed by atoms with Crippen LogP contribution in [0.2, 0.25) is 0 Å². The van der Waals surface area contributed by atoms with Crippen LogP contribution < -0.4 is 0 Å². The summed E-state index contributed by atoms with van der Waals surface area (Å²) in [5.74, 6) is -2.21. The summed E-state index contributed by atoms with van der Waals surface area (Å²) < 4.78 is 68.5. The summed E-state index contributed by atoms with van der Waals surface area (Å²) in [5.41, 5.74) is 0. The number of hydrogen-bond donors (Lipinski definition) is 3. The number of carbonyl (C=O) groups excluding carboxylic acids is 4. The Labute approximate surface area is 607 Å². The van der Waals surface area contributed by atoms with Crippen molar-refractivity contribution in [3.63, 3.8) is 0 Å². The minimum Gasteiger partial charge on any atom is -0.462 e. The second kappa shape index (κ2) is 73.0. The van der Waals surface area contributed by atoms with Gasteiger partial charge in [-0.25, -0.2) is 9.13 Å². The Morgan fingerprint density at radius 1 is 0.290 bits per heavy atom. The van der Waals surface area contributed by atoms with E-state index in [1.54, 1.807) is 0 Å². The molecule has 0 bridgehead atoms. The van der Waals surface area contributed by atoms with E-state index < -0.39 is 97.5 Å². The third-order valence-corrected chi connectivity index (χ3v) is 18.1. The zero-order chi connectivity index (χ0) is 73.2. The van der Waals surface area contributed by atoms with Crippen molar-refractivity contribution in [2.24, 2.45) is 0 Å². The topological polar surface area (TPSA) is 237 Å². The van der Waals surface area contributed by atoms with Crippen LogP contribution in [-0.4, -0.2) is 96.7 Å². The summed E-state index contributed by atoms with van der Waals surface area (Å²) in [4.78, 5) is 72.9. The fraction of sp³-hybridized carbons (Fsp3) is 0.728. The van der Waals surface area contributed by atoms with Gasteiger partial charge in [-0.2, -0.15) is 0 Å². The number of rotatable bonds is 73. The molecule has 5 atom stereocenters. The Kier molecular flexibility index (Phi) is 69.9. The highest BCUT2D eigenvalue weighted by Gasteiger charge is 2.30. The molecule has 0 aliphatic carbocycles. The maximum Gasteiger partial charge on any atom is 0.472 e. The molecular formula is C81H140O17P2. The standard InChI is InChI=1S/C81H140O17P2/c1-5-9-13-17-21-25-29-32-35-37-40-43-47-50-54-58-62-66-79(84)92-72-77(98-81(86)68-64-60-56-52-48-44-41-38-36-33-30-26-22-18-14-10-6-2)74-96-100(89,90)94-70-75(82)69-93-99(87,88)95-73-76(97-80(85)67-63-59-55-51-45-28-24-20-16-12-8-4)71-91-78(83)65-61-57-53-49-46-42-39-34-31-27-23-19-15-11-7-3/h9-10,13-14,21-23,25-27,32-36,39-40,43,75-77,82H,5-8,11-12,15-20,24,28-31,37-38,41-42,44-74H2,1-4H3,(H,87,88)(H,89,90)/b13-9-,14-10-,25-21-,26-22-,27-23-,35-32-,36-33-,39-34-,43-40-. The van der Waals surface area contributed by atoms with Crippen LogP contribution in [0.4, 0.5) is 0 Å². The number of esters is 4. The first-order chi connectivity index (χ1) is 48.7. The van der Waals surface area contributed by atoms with Crippen LogP contribution in [0.15, 0.2) is 109 Å². The molecule has 0 radical (unpaired) electrons. The van der Waals surface area contributed by atoms with E-state index in [4.69, 9.17) is 37.0 Å². The summed E-state index contributed by atoms with van der Waals surface area (Å²) >= 11 is 0. The van der Waals surface area contributed by atoms with Gasteiger partial charge in [0.05, 0.1) is 26.4 Å². The smallest absolute Gasteiger partial charge is 0.462 e. The van der Waals surface area contributed by atoms with Gasteiger partial charge in [0, 0.05) is 25.7 Å². The van der Waals surface area contributed by atoms with Crippen LogP contribution in [0, 0.1) is 0 Å². The Hall–Kier alpha value is -4.28. The molecule has 0 fully saturated rings. The highest BCUT2D eigenvalue weighted by atomic mass is 31.2. The molecule has 0 saturated carbocycles. The van der Waals surface area contributed by atoms with E-state index in [1.807, 2.05) is 0 Å². The number of carbonyl (C=O) groups is 4. The Bertz CT molecular complexity index is 2320. The molecule has 0 aliphatic heterocycles. The van der Waals surface area contributed by atoms with Crippen LogP contribution in [0.5, 0.6) is 0 Å². The maximum absolute atomic E-state index is 13.1. The van der Waals surface area contributed by atoms with Gasteiger partial charge in [0.2, 0.25) is 0 Å². The van der Waals surface area contributed by atoms with Gasteiger partial charge in [0.1, 0.15) is 19.3 Å². The van der Waals surface area contributed by atoms with E-state index in [0.29, 0.717) is 25.7 Å². The number of phosphoric ester groups is 2. The zero-order valence-electron chi connectivity index (χ0n) is 62.8. The van der Waals surface area contributed by atoms with Gasteiger partial charge < -0.3 is 33.8 Å². The van der Waals surface area contributed by atoms with Gasteiger partial charge in [-0.3, -0.25) is 37.3 Å². The summed E-state index contributed by atoms with van der Waals surface area (Å²) in [6.45, 7) is 4.59. The maximum atomic E-state index is 13.1. The molecule has 0 amide bonds. The number of aliphatic hydroxyl groups excluding tert-OH is 1. The van der Waals surface area contributed by atoms with Gasteiger partial charge in [-0.15, -0.1) is 0 Å². The number of phosphoric acid groups is 2. The molecule has 3 N–H and O–H groups in total. The molecule has 100 heavy (non-hydrogen) atoms. The molecule has 19 heteroatoms. The van der Waals surface area contributed by atoms with E-state index >= 15 is 0 Å². The van der Waals surface area contributed by atoms with Gasteiger partial charge in [-0.05, 0) is 128 Å². The predicted octanol–water partition coefficient (Wildman–Crippen LogP) is 22.6. The minimum absolute atomic E-state index is 0.0767. The van der Waals surface area contributed by atoms with E-state index in [1.165, 1.54) is 57.8 Å². The fourth-order valence-electron chi connectivity index (χ4n) is 10.3. The van der Waals surface area contributed by atoms with Crippen LogP contribution in [-0.2, 0) is 65.4 Å². The molecule has 0 saturated heterocycles. The van der Waals surface area contributed by atoms with E-state index in [2.05, 4.69) is 137 Å². The lowest BCUT2D eigenvalue weighted by Gasteiger charge is -2.21. The second-order valence-corrected chi connectivity index (χ2v) is 28.8. The molecular weight excluding hydrogens is 1310 g/mol. The minimum atomic E-state index is -4.98. The molecule has 576 valence electrons. The molecule has 0 aromatic rings. The van der Waals surface area contributed by atoms with Crippen molar-refractivity contribution in [2.75, 3.05) is 39.6 Å². The average Bonchev–Trinajstić information content (AvgIpc) is 1.00. The van der Waals surface area contributed by atoms with Crippen molar-refractivity contribution in [2.45, 2.75) is 341 Å². The number of ether oxygens (including phenoxy) is 4. The Morgan fingerprint density at radius 2 is 0.520 bits per heavy atom. The lowest BCUT2D eigenvalue weighted by atomic mass is 10.1. The van der Waals surface area contributed by atoms with Crippen molar-refractivity contribution in [3.8, 4) is 0 Å². The van der Waals surface area contributed by atoms with Gasteiger partial charge in [0.15, 0.2) is 12.2 Å². The summed E-state index contributed by atoms with van der Waals surface area (Å²) in [6, 6.07) is 0. The number of allylic oxidation sites excluding steroid dienone is 18. The molecule has 0 aromatic heterocycles. The molecule has 17 nitrogen and oxygen atoms in total. The van der Waals surface area contributed by atoms with Crippen molar-refractivity contribution in [3.05, 3.63) is 109 Å². The summed E-state index contributed by atoms with van der Waals surface area (Å²) in [6.07, 6.45) is 77.8. The molecule has 0 aromatic carbocycles. The first-order valence-corrected chi connectivity index (χ1v) is 42.1. The van der Waals surface area contributed by atoms with Crippen LogP contribution in [0.25, 0.3) is 0 Å². The molecule has 5 unspecified atom stereocenters. The summed E-state index contributed by atoms with van der Waals surface area (Å²) in [7, 11) is -9.96. The monoisotopic (exact) mass is 1450 g/mol. The Morgan fingerprint density at radius 3 is 0.820 bits per heavy atom. The van der Waals surface area contributed by atoms with E-state index in [9.17, 15) is 43.2 Å². The SMILES string of the molecule is CC/C=C\C/C=C\C/C=C\C/C=C\CCCCCCC(=O)OCC(COP(=O)(O)OCC(O)COP(=O)(O)OCC(COC(=O)CCCCCCC/C=C\C/C=C\CCCCC)OC(=O)CCCCCCCCCCCCC)OC(=O)CCCCCCCCC/C=C\C/C=C\C/C=C\CC. The largest absolute Gasteiger partial charge is 0.472 e. The van der Waals surface area contributed by atoms with Gasteiger partial charge in [0.25, 0.3) is 0 Å². The van der Waals surface area contributed by atoms with Crippen molar-refractivity contribution < 1.29 is 80.2 Å². The quantitative estimate of drug-likeness (QED) is 0.0169. The molecule has 0 rings (SSSR count). The third kappa shape index (κ3) is 72.1. The number of aliphatic hydroxyl groups is 1. The van der Waals surface area contributed by atoms with Crippen molar-refractivity contribution >= 4 is 39.5 Å². The van der Waals surface area contributed by atoms with Crippen molar-refractivity contribution in [1.29, 1.82) is 0 Å². The number of hydrogen-bond acceptors (Lipinski definition) is 15. The lowest BCUT2D eigenvalue weighted by Crippen LogP contribution is -2.30. The second-order valence-electron chi connectivity index (χ2n) is 25.9. The molecule has 0 heterocycles. The fourth-order valence-corrected chi connectivity index (χ4v) is 11.9. The normalized spacial score (nSPS) is 14.5. The zero-order valence-corrected chi connectivity index (χ0v) is 64.6. The molecule has 0 spiro atoms. The van der Waals surface area contributed by atoms with Crippen LogP contribution >= 0.6 is 15.6 Å². The lowest BCUT2D eigenvalue weighted by molar-refractivity contribution is -0.161. The van der Waals surface area contributed by atoms with Gasteiger partial charge in [-0.1, -0.05) is 278 Å². The highest BCUT2D eigenvalue weighted by molar-refractivity contribution is 7.47. The third-order valence-electron chi connectivity index (χ3n) is 16.2. The van der Waals surface area contributed by atoms with Crippen LogP contribution in [0.1, 0.15) is 323 Å². The average molecular weight is 1450 g/mol.